The normalized spacial score (nSPS) is 10.2. The molecule has 2 aromatic rings. The van der Waals surface area contributed by atoms with Gasteiger partial charge in [-0.1, -0.05) is 0 Å². The van der Waals surface area contributed by atoms with Crippen LogP contribution < -0.4 is 5.32 Å². The van der Waals surface area contributed by atoms with Gasteiger partial charge in [-0.15, -0.1) is 0 Å². The van der Waals surface area contributed by atoms with E-state index in [0.717, 1.165) is 12.1 Å². The van der Waals surface area contributed by atoms with Crippen molar-refractivity contribution in [2.24, 2.45) is 0 Å². The minimum atomic E-state index is -1.02. The van der Waals surface area contributed by atoms with Crippen molar-refractivity contribution in [3.05, 3.63) is 56.7 Å². The third-order valence-electron chi connectivity index (χ3n) is 2.20. The summed E-state index contributed by atoms with van der Waals surface area (Å²) in [7, 11) is 0. The average Bonchev–Trinajstić information content (AvgIpc) is 2.75. The quantitative estimate of drug-likeness (QED) is 0.691. The largest absolute Gasteiger partial charge is 0.444 e. The smallest absolute Gasteiger partial charge is 0.304 e. The minimum Gasteiger partial charge on any atom is -0.444 e. The Morgan fingerprint density at radius 1 is 1.37 bits per heavy atom. The summed E-state index contributed by atoms with van der Waals surface area (Å²) >= 11 is 3.04. The molecule has 19 heavy (non-hydrogen) atoms. The average molecular weight is 329 g/mol. The van der Waals surface area contributed by atoms with Crippen molar-refractivity contribution in [3.8, 4) is 0 Å². The Labute approximate surface area is 114 Å². The summed E-state index contributed by atoms with van der Waals surface area (Å²) in [5, 5.41) is 12.8. The van der Waals surface area contributed by atoms with E-state index >= 15 is 0 Å². The van der Waals surface area contributed by atoms with Crippen molar-refractivity contribution in [3.63, 3.8) is 0 Å². The van der Waals surface area contributed by atoms with Gasteiger partial charge in [0.05, 0.1) is 4.92 Å². The number of carbonyl (C=O) groups is 1. The van der Waals surface area contributed by atoms with Crippen LogP contribution in [0.15, 0.2) is 39.4 Å². The summed E-state index contributed by atoms with van der Waals surface area (Å²) < 4.78 is 18.7. The number of carbonyl (C=O) groups excluding carboxylic acids is 1. The highest BCUT2D eigenvalue weighted by atomic mass is 79.9. The minimum absolute atomic E-state index is 0.0330. The van der Waals surface area contributed by atoms with Crippen LogP contribution in [0.2, 0.25) is 0 Å². The van der Waals surface area contributed by atoms with Gasteiger partial charge in [0.2, 0.25) is 5.82 Å². The van der Waals surface area contributed by atoms with Gasteiger partial charge in [0.1, 0.15) is 0 Å². The molecule has 1 N–H and O–H groups in total. The first-order chi connectivity index (χ1) is 8.97. The van der Waals surface area contributed by atoms with Crippen molar-refractivity contribution < 1.29 is 18.5 Å². The summed E-state index contributed by atoms with van der Waals surface area (Å²) in [4.78, 5) is 21.3. The summed E-state index contributed by atoms with van der Waals surface area (Å²) in [5.74, 6) is -1.58. The van der Waals surface area contributed by atoms with Crippen LogP contribution in [-0.2, 0) is 0 Å². The second-order valence-electron chi connectivity index (χ2n) is 3.48. The number of anilines is 1. The van der Waals surface area contributed by atoms with E-state index in [-0.39, 0.29) is 11.4 Å². The monoisotopic (exact) mass is 328 g/mol. The molecule has 98 valence electrons. The summed E-state index contributed by atoms with van der Waals surface area (Å²) in [6.45, 7) is 0. The summed E-state index contributed by atoms with van der Waals surface area (Å²) in [6, 6.07) is 6.04. The molecule has 8 heteroatoms. The van der Waals surface area contributed by atoms with Crippen LogP contribution >= 0.6 is 15.9 Å². The first kappa shape index (κ1) is 13.2. The van der Waals surface area contributed by atoms with Gasteiger partial charge in [0, 0.05) is 17.8 Å². The van der Waals surface area contributed by atoms with E-state index in [2.05, 4.69) is 21.2 Å². The van der Waals surface area contributed by atoms with Crippen molar-refractivity contribution in [2.75, 3.05) is 5.32 Å². The number of nitrogens with one attached hydrogen (secondary N) is 1. The van der Waals surface area contributed by atoms with Gasteiger partial charge < -0.3 is 9.73 Å². The predicted octanol–water partition coefficient (Wildman–Crippen LogP) is 3.34. The van der Waals surface area contributed by atoms with Crippen molar-refractivity contribution >= 4 is 33.2 Å². The Morgan fingerprint density at radius 3 is 2.63 bits per heavy atom. The van der Waals surface area contributed by atoms with Crippen LogP contribution in [0.4, 0.5) is 15.8 Å². The van der Waals surface area contributed by atoms with Gasteiger partial charge >= 0.3 is 5.69 Å². The Bertz CT molecular complexity index is 656. The Morgan fingerprint density at radius 2 is 2.11 bits per heavy atom. The number of hydrogen-bond donors (Lipinski definition) is 1. The maximum atomic E-state index is 13.3. The molecule has 0 aliphatic heterocycles. The number of nitro benzene ring substituents is 1. The Kier molecular flexibility index (Phi) is 3.61. The van der Waals surface area contributed by atoms with Crippen molar-refractivity contribution in [1.29, 1.82) is 0 Å². The lowest BCUT2D eigenvalue weighted by Crippen LogP contribution is -2.11. The third kappa shape index (κ3) is 2.97. The maximum absolute atomic E-state index is 13.3. The third-order valence-corrected chi connectivity index (χ3v) is 2.63. The fraction of sp³-hybridized carbons (Fsp3) is 0. The van der Waals surface area contributed by atoms with Gasteiger partial charge in [-0.25, -0.2) is 0 Å². The van der Waals surface area contributed by atoms with Gasteiger partial charge in [0.25, 0.3) is 5.91 Å². The number of benzene rings is 1. The second-order valence-corrected chi connectivity index (χ2v) is 4.26. The maximum Gasteiger partial charge on any atom is 0.304 e. The van der Waals surface area contributed by atoms with E-state index in [1.165, 1.54) is 18.2 Å². The zero-order valence-electron chi connectivity index (χ0n) is 9.22. The molecule has 0 saturated heterocycles. The van der Waals surface area contributed by atoms with Gasteiger partial charge in [-0.3, -0.25) is 14.9 Å². The van der Waals surface area contributed by atoms with Gasteiger partial charge in [-0.2, -0.15) is 4.39 Å². The van der Waals surface area contributed by atoms with E-state index in [4.69, 9.17) is 4.42 Å². The van der Waals surface area contributed by atoms with E-state index in [1.807, 2.05) is 0 Å². The molecule has 1 amide bonds. The lowest BCUT2D eigenvalue weighted by atomic mass is 10.2. The van der Waals surface area contributed by atoms with Gasteiger partial charge in [0.15, 0.2) is 10.4 Å². The fourth-order valence-corrected chi connectivity index (χ4v) is 1.67. The fourth-order valence-electron chi connectivity index (χ4n) is 1.36. The lowest BCUT2D eigenvalue weighted by molar-refractivity contribution is -0.387. The van der Waals surface area contributed by atoms with Crippen molar-refractivity contribution in [2.45, 2.75) is 0 Å². The number of halogens is 2. The molecular formula is C11H6BrFN2O4. The summed E-state index contributed by atoms with van der Waals surface area (Å²) in [6.07, 6.45) is 0. The van der Waals surface area contributed by atoms with Crippen LogP contribution in [-0.4, -0.2) is 10.8 Å². The Hall–Kier alpha value is -2.22. The highest BCUT2D eigenvalue weighted by Crippen LogP contribution is 2.22. The van der Waals surface area contributed by atoms with E-state index in [1.54, 1.807) is 0 Å². The van der Waals surface area contributed by atoms with Gasteiger partial charge in [-0.05, 0) is 34.1 Å². The number of rotatable bonds is 3. The Balaban J connectivity index is 2.18. The van der Waals surface area contributed by atoms with Crippen LogP contribution in [0.1, 0.15) is 10.6 Å². The van der Waals surface area contributed by atoms with Crippen LogP contribution in [0.5, 0.6) is 0 Å². The highest BCUT2D eigenvalue weighted by molar-refractivity contribution is 9.10. The molecule has 0 spiro atoms. The molecule has 0 saturated carbocycles. The molecule has 0 bridgehead atoms. The number of nitrogens with zero attached hydrogens (tertiary/aromatic N) is 1. The molecule has 0 atom stereocenters. The molecule has 1 aromatic carbocycles. The van der Waals surface area contributed by atoms with E-state index in [9.17, 15) is 19.3 Å². The number of amides is 1. The lowest BCUT2D eigenvalue weighted by Gasteiger charge is -2.03. The number of nitro groups is 1. The molecule has 1 aromatic heterocycles. The molecule has 0 aliphatic carbocycles. The topological polar surface area (TPSA) is 85.4 Å². The number of furan rings is 1. The molecule has 0 fully saturated rings. The molecule has 2 rings (SSSR count). The van der Waals surface area contributed by atoms with Crippen LogP contribution in [0, 0.1) is 15.9 Å². The van der Waals surface area contributed by atoms with E-state index in [0.29, 0.717) is 4.67 Å². The molecule has 0 radical (unpaired) electrons. The zero-order chi connectivity index (χ0) is 14.0. The molecule has 0 aliphatic rings. The molecule has 1 heterocycles. The highest BCUT2D eigenvalue weighted by Gasteiger charge is 2.16. The SMILES string of the molecule is O=C(Nc1ccc([N+](=O)[O-])c(F)c1)c1ccc(Br)o1. The summed E-state index contributed by atoms with van der Waals surface area (Å²) in [5.41, 5.74) is -0.556. The van der Waals surface area contributed by atoms with Crippen LogP contribution in [0.3, 0.4) is 0 Å². The van der Waals surface area contributed by atoms with E-state index < -0.39 is 22.3 Å². The number of hydrogen-bond acceptors (Lipinski definition) is 4. The standard InChI is InChI=1S/C11H6BrFN2O4/c12-10-4-3-9(19-10)11(16)14-6-1-2-8(15(17)18)7(13)5-6/h1-5H,(H,14,16). The first-order valence-electron chi connectivity index (χ1n) is 4.98. The molecule has 6 nitrogen and oxygen atoms in total. The second kappa shape index (κ2) is 5.19. The zero-order valence-corrected chi connectivity index (χ0v) is 10.8. The first-order valence-corrected chi connectivity index (χ1v) is 5.77. The predicted molar refractivity (Wildman–Crippen MR) is 67.4 cm³/mol. The molecular weight excluding hydrogens is 323 g/mol. The van der Waals surface area contributed by atoms with Crippen LogP contribution in [0.25, 0.3) is 0 Å². The molecule has 0 unspecified atom stereocenters. The van der Waals surface area contributed by atoms with Crippen molar-refractivity contribution in [1.82, 2.24) is 0 Å².